The number of pyridine rings is 2. The Labute approximate surface area is 117 Å². The Bertz CT molecular complexity index is 599. The number of aryl methyl sites for hydroxylation is 1. The molecule has 2 N–H and O–H groups in total. The van der Waals surface area contributed by atoms with E-state index in [-0.39, 0.29) is 5.69 Å². The van der Waals surface area contributed by atoms with Crippen LogP contribution in [0.1, 0.15) is 18.3 Å². The van der Waals surface area contributed by atoms with Gasteiger partial charge in [0.1, 0.15) is 5.69 Å². The molecule has 0 aliphatic heterocycles. The molecule has 0 aliphatic carbocycles. The Balaban J connectivity index is 0.000000204. The minimum atomic E-state index is -0.482. The van der Waals surface area contributed by atoms with Crippen LogP contribution in [0.25, 0.3) is 6.08 Å². The summed E-state index contributed by atoms with van der Waals surface area (Å²) < 4.78 is 0. The van der Waals surface area contributed by atoms with Crippen LogP contribution in [0.15, 0.2) is 43.2 Å². The van der Waals surface area contributed by atoms with Crippen LogP contribution in [0.4, 0.5) is 11.4 Å². The Morgan fingerprint density at radius 3 is 2.45 bits per heavy atom. The zero-order chi connectivity index (χ0) is 15.0. The molecule has 0 bridgehead atoms. The minimum Gasteiger partial charge on any atom is -0.397 e. The average molecular weight is 272 g/mol. The molecule has 0 atom stereocenters. The van der Waals surface area contributed by atoms with E-state index < -0.39 is 4.92 Å². The van der Waals surface area contributed by atoms with E-state index in [1.54, 1.807) is 6.20 Å². The number of aromatic nitrogens is 2. The molecule has 0 spiro atoms. The first-order chi connectivity index (χ1) is 9.60. The van der Waals surface area contributed by atoms with Gasteiger partial charge in [0.2, 0.25) is 0 Å². The Hall–Kier alpha value is -2.76. The van der Waals surface area contributed by atoms with E-state index in [0.717, 1.165) is 17.8 Å². The third kappa shape index (κ3) is 4.16. The van der Waals surface area contributed by atoms with Crippen LogP contribution >= 0.6 is 0 Å². The summed E-state index contributed by atoms with van der Waals surface area (Å²) in [5.74, 6) is 0. The van der Waals surface area contributed by atoms with Gasteiger partial charge in [0.05, 0.1) is 16.3 Å². The van der Waals surface area contributed by atoms with Crippen molar-refractivity contribution in [2.45, 2.75) is 13.3 Å². The van der Waals surface area contributed by atoms with Gasteiger partial charge < -0.3 is 5.73 Å². The van der Waals surface area contributed by atoms with Crippen LogP contribution in [-0.4, -0.2) is 14.9 Å². The molecule has 0 aliphatic rings. The highest BCUT2D eigenvalue weighted by molar-refractivity contribution is 5.54. The topological polar surface area (TPSA) is 94.9 Å². The van der Waals surface area contributed by atoms with E-state index in [1.165, 1.54) is 24.4 Å². The van der Waals surface area contributed by atoms with Crippen molar-refractivity contribution in [1.82, 2.24) is 9.97 Å². The molecule has 0 saturated heterocycles. The minimum absolute atomic E-state index is 0.0116. The maximum absolute atomic E-state index is 10.3. The van der Waals surface area contributed by atoms with Crippen LogP contribution in [0.2, 0.25) is 0 Å². The van der Waals surface area contributed by atoms with Crippen molar-refractivity contribution >= 4 is 17.5 Å². The molecular formula is C14H16N4O2. The summed E-state index contributed by atoms with van der Waals surface area (Å²) in [6.45, 7) is 5.45. The molecule has 0 unspecified atom stereocenters. The number of nitrogens with two attached hydrogens (primary N) is 1. The molecular weight excluding hydrogens is 256 g/mol. The van der Waals surface area contributed by atoms with Crippen LogP contribution in [0.3, 0.4) is 0 Å². The molecule has 6 heteroatoms. The molecule has 104 valence electrons. The lowest BCUT2D eigenvalue weighted by Crippen LogP contribution is -1.94. The second kappa shape index (κ2) is 7.63. The van der Waals surface area contributed by atoms with Crippen molar-refractivity contribution < 1.29 is 4.92 Å². The van der Waals surface area contributed by atoms with E-state index in [4.69, 9.17) is 5.73 Å². The van der Waals surface area contributed by atoms with E-state index in [1.807, 2.05) is 19.1 Å². The van der Waals surface area contributed by atoms with E-state index in [9.17, 15) is 10.1 Å². The van der Waals surface area contributed by atoms with Crippen molar-refractivity contribution in [3.63, 3.8) is 0 Å². The molecule has 20 heavy (non-hydrogen) atoms. The van der Waals surface area contributed by atoms with Gasteiger partial charge in [-0.3, -0.25) is 15.1 Å². The number of nitrogen functional groups attached to an aromatic ring is 1. The van der Waals surface area contributed by atoms with Gasteiger partial charge in [-0.2, -0.15) is 0 Å². The molecule has 2 rings (SSSR count). The van der Waals surface area contributed by atoms with Crippen LogP contribution in [0.5, 0.6) is 0 Å². The number of hydrogen-bond acceptors (Lipinski definition) is 5. The fraction of sp³-hybridized carbons (Fsp3) is 0.143. The van der Waals surface area contributed by atoms with Gasteiger partial charge in [-0.1, -0.05) is 13.5 Å². The summed E-state index contributed by atoms with van der Waals surface area (Å²) in [7, 11) is 0. The molecule has 6 nitrogen and oxygen atoms in total. The number of anilines is 1. The smallest absolute Gasteiger partial charge is 0.294 e. The van der Waals surface area contributed by atoms with Crippen LogP contribution in [-0.2, 0) is 6.42 Å². The summed E-state index contributed by atoms with van der Waals surface area (Å²) >= 11 is 0. The van der Waals surface area contributed by atoms with Crippen molar-refractivity contribution in [2.24, 2.45) is 0 Å². The van der Waals surface area contributed by atoms with Gasteiger partial charge in [0.25, 0.3) is 5.69 Å². The maximum atomic E-state index is 10.3. The lowest BCUT2D eigenvalue weighted by molar-refractivity contribution is -0.385. The molecule has 2 aromatic rings. The second-order valence-corrected chi connectivity index (χ2v) is 3.76. The molecule has 2 aromatic heterocycles. The largest absolute Gasteiger partial charge is 0.397 e. The lowest BCUT2D eigenvalue weighted by Gasteiger charge is -1.97. The fourth-order valence-corrected chi connectivity index (χ4v) is 1.47. The SMILES string of the molecule is C=Cc1ncccc1[N+](=O)[O-].CCc1ncccc1N. The van der Waals surface area contributed by atoms with Crippen molar-refractivity contribution in [3.05, 3.63) is 64.7 Å². The number of nitrogens with zero attached hydrogens (tertiary/aromatic N) is 3. The van der Waals surface area contributed by atoms with Crippen molar-refractivity contribution in [1.29, 1.82) is 0 Å². The predicted octanol–water partition coefficient (Wildman–Crippen LogP) is 2.86. The van der Waals surface area contributed by atoms with E-state index in [2.05, 4.69) is 16.5 Å². The second-order valence-electron chi connectivity index (χ2n) is 3.76. The molecule has 2 heterocycles. The highest BCUT2D eigenvalue weighted by Crippen LogP contribution is 2.14. The first kappa shape index (κ1) is 15.3. The summed E-state index contributed by atoms with van der Waals surface area (Å²) in [6, 6.07) is 6.62. The molecule has 0 aromatic carbocycles. The van der Waals surface area contributed by atoms with Crippen LogP contribution in [0, 0.1) is 10.1 Å². The molecule has 0 saturated carbocycles. The van der Waals surface area contributed by atoms with Gasteiger partial charge in [-0.15, -0.1) is 0 Å². The zero-order valence-electron chi connectivity index (χ0n) is 11.2. The predicted molar refractivity (Wildman–Crippen MR) is 79.0 cm³/mol. The summed E-state index contributed by atoms with van der Waals surface area (Å²) in [5, 5.41) is 10.3. The summed E-state index contributed by atoms with van der Waals surface area (Å²) in [6.07, 6.45) is 5.52. The van der Waals surface area contributed by atoms with Gasteiger partial charge >= 0.3 is 0 Å². The fourth-order valence-electron chi connectivity index (χ4n) is 1.47. The normalized spacial score (nSPS) is 9.25. The number of nitro groups is 1. The first-order valence-electron chi connectivity index (χ1n) is 6.01. The van der Waals surface area contributed by atoms with E-state index >= 15 is 0 Å². The average Bonchev–Trinajstić information content (AvgIpc) is 2.48. The number of rotatable bonds is 3. The standard InChI is InChI=1S/C7H6N2O2.C7H10N2/c1-2-6-7(9(10)11)4-3-5-8-6;1-2-7-6(8)4-3-5-9-7/h2-5H,1H2;3-5H,2,8H2,1H3. The van der Waals surface area contributed by atoms with Gasteiger partial charge in [-0.05, 0) is 30.7 Å². The van der Waals surface area contributed by atoms with E-state index in [0.29, 0.717) is 5.69 Å². The summed E-state index contributed by atoms with van der Waals surface area (Å²) in [4.78, 5) is 17.6. The highest BCUT2D eigenvalue weighted by Gasteiger charge is 2.09. The van der Waals surface area contributed by atoms with Crippen LogP contribution < -0.4 is 5.73 Å². The van der Waals surface area contributed by atoms with Gasteiger partial charge in [0, 0.05) is 18.5 Å². The van der Waals surface area contributed by atoms with Gasteiger partial charge in [0.15, 0.2) is 0 Å². The van der Waals surface area contributed by atoms with Crippen molar-refractivity contribution in [3.8, 4) is 0 Å². The maximum Gasteiger partial charge on any atom is 0.294 e. The van der Waals surface area contributed by atoms with Gasteiger partial charge in [-0.25, -0.2) is 4.98 Å². The third-order valence-electron chi connectivity index (χ3n) is 2.47. The Morgan fingerprint density at radius 2 is 2.00 bits per heavy atom. The monoisotopic (exact) mass is 272 g/mol. The lowest BCUT2D eigenvalue weighted by atomic mass is 10.2. The quantitative estimate of drug-likeness (QED) is 0.684. The Kier molecular flexibility index (Phi) is 5.83. The zero-order valence-corrected chi connectivity index (χ0v) is 11.2. The molecule has 0 fully saturated rings. The third-order valence-corrected chi connectivity index (χ3v) is 2.47. The molecule has 0 radical (unpaired) electrons. The molecule has 0 amide bonds. The first-order valence-corrected chi connectivity index (χ1v) is 6.01. The highest BCUT2D eigenvalue weighted by atomic mass is 16.6. The van der Waals surface area contributed by atoms with Crippen molar-refractivity contribution in [2.75, 3.05) is 5.73 Å². The Morgan fingerprint density at radius 1 is 1.35 bits per heavy atom. The number of hydrogen-bond donors (Lipinski definition) is 1. The summed E-state index contributed by atoms with van der Waals surface area (Å²) in [5.41, 5.74) is 7.64.